The molecule has 0 aliphatic rings. The highest BCUT2D eigenvalue weighted by Gasteiger charge is 2.17. The highest BCUT2D eigenvalue weighted by Crippen LogP contribution is 2.29. The van der Waals surface area contributed by atoms with Crippen LogP contribution in [-0.2, 0) is 6.54 Å². The number of benzene rings is 2. The van der Waals surface area contributed by atoms with Crippen LogP contribution in [0.3, 0.4) is 0 Å². The summed E-state index contributed by atoms with van der Waals surface area (Å²) in [5.74, 6) is 0.819. The van der Waals surface area contributed by atoms with E-state index in [0.29, 0.717) is 28.2 Å². The van der Waals surface area contributed by atoms with Gasteiger partial charge in [-0.3, -0.25) is 0 Å². The average Bonchev–Trinajstić information content (AvgIpc) is 3.13. The Kier molecular flexibility index (Phi) is 8.38. The van der Waals surface area contributed by atoms with E-state index < -0.39 is 5.09 Å². The van der Waals surface area contributed by atoms with Crippen molar-refractivity contribution in [2.45, 2.75) is 12.5 Å². The van der Waals surface area contributed by atoms with Gasteiger partial charge in [0.2, 0.25) is 0 Å². The number of ether oxygens (including phenoxy) is 1. The van der Waals surface area contributed by atoms with Crippen LogP contribution >= 0.6 is 34.8 Å². The first-order chi connectivity index (χ1) is 13.3. The zero-order valence-corrected chi connectivity index (χ0v) is 16.7. The minimum absolute atomic E-state index is 0.0552. The van der Waals surface area contributed by atoms with E-state index in [-0.39, 0.29) is 5.92 Å². The smallest absolute Gasteiger partial charge is 0.291 e. The van der Waals surface area contributed by atoms with Gasteiger partial charge in [-0.15, -0.1) is 10.1 Å². The lowest BCUT2D eigenvalue weighted by Crippen LogP contribution is -2.16. The molecule has 2 aromatic carbocycles. The first-order valence-electron chi connectivity index (χ1n) is 7.97. The Bertz CT molecular complexity index is 886. The molecule has 0 radical (unpaired) electrons. The topological polar surface area (TPSA) is 90.4 Å². The molecule has 1 heterocycles. The van der Waals surface area contributed by atoms with Gasteiger partial charge in [0.1, 0.15) is 5.75 Å². The molecular weight excluding hydrogens is 429 g/mol. The van der Waals surface area contributed by atoms with E-state index in [9.17, 15) is 0 Å². The van der Waals surface area contributed by atoms with E-state index >= 15 is 0 Å². The minimum atomic E-state index is -1.50. The van der Waals surface area contributed by atoms with Gasteiger partial charge in [0.25, 0.3) is 5.09 Å². The number of hydrogen-bond acceptors (Lipinski definition) is 4. The number of rotatable bonds is 6. The third-order valence-corrected chi connectivity index (χ3v) is 4.47. The van der Waals surface area contributed by atoms with Crippen LogP contribution in [0.15, 0.2) is 61.2 Å². The molecule has 1 atom stereocenters. The predicted molar refractivity (Wildman–Crippen MR) is 107 cm³/mol. The van der Waals surface area contributed by atoms with Crippen molar-refractivity contribution in [2.75, 3.05) is 6.61 Å². The lowest BCUT2D eigenvalue weighted by atomic mass is 9.99. The van der Waals surface area contributed by atoms with Crippen molar-refractivity contribution < 1.29 is 15.0 Å². The lowest BCUT2D eigenvalue weighted by molar-refractivity contribution is -0.742. The van der Waals surface area contributed by atoms with Crippen LogP contribution < -0.4 is 4.74 Å². The Morgan fingerprint density at radius 2 is 1.79 bits per heavy atom. The zero-order valence-electron chi connectivity index (χ0n) is 14.4. The summed E-state index contributed by atoms with van der Waals surface area (Å²) in [6.45, 7) is 1.18. The first-order valence-corrected chi connectivity index (χ1v) is 9.11. The van der Waals surface area contributed by atoms with Crippen molar-refractivity contribution >= 4 is 34.8 Å². The maximum absolute atomic E-state index is 8.36. The molecule has 3 rings (SSSR count). The molecule has 0 saturated heterocycles. The molecule has 0 bridgehead atoms. The second-order valence-electron chi connectivity index (χ2n) is 5.62. The fourth-order valence-electron chi connectivity index (χ4n) is 2.45. The van der Waals surface area contributed by atoms with Gasteiger partial charge in [-0.05, 0) is 42.0 Å². The Balaban J connectivity index is 0.000000640. The fourth-order valence-corrected chi connectivity index (χ4v) is 3.14. The summed E-state index contributed by atoms with van der Waals surface area (Å²) in [5.41, 5.74) is 0.990. The van der Waals surface area contributed by atoms with Gasteiger partial charge in [-0.2, -0.15) is 0 Å². The van der Waals surface area contributed by atoms with Gasteiger partial charge in [0.15, 0.2) is 0 Å². The standard InChI is InChI=1S/C18H15Cl3N2O.HNO3/c19-14-1-4-16(5-2-14)24-11-13(10-23-8-7-22-12-23)17-6-3-15(20)9-18(17)21;2-1(3)4/h1-9,12-13H,10-11H2;(H,2,3,4). The number of halogens is 3. The van der Waals surface area contributed by atoms with E-state index in [4.69, 9.17) is 54.9 Å². The van der Waals surface area contributed by atoms with Crippen molar-refractivity contribution in [1.82, 2.24) is 9.55 Å². The van der Waals surface area contributed by atoms with E-state index in [1.807, 2.05) is 35.0 Å². The maximum Gasteiger partial charge on any atom is 0.291 e. The SMILES string of the molecule is Clc1ccc(OCC(Cn2ccnc2)c2ccc(Cl)cc2Cl)cc1.O=[N+]([O-])O. The first kappa shape index (κ1) is 21.8. The van der Waals surface area contributed by atoms with Gasteiger partial charge in [0.05, 0.1) is 12.9 Å². The monoisotopic (exact) mass is 443 g/mol. The molecule has 3 aromatic rings. The molecule has 0 aliphatic carbocycles. The normalized spacial score (nSPS) is 11.2. The Labute approximate surface area is 176 Å². The minimum Gasteiger partial charge on any atom is -0.493 e. The molecule has 0 amide bonds. The fraction of sp³-hybridized carbons (Fsp3) is 0.167. The van der Waals surface area contributed by atoms with Gasteiger partial charge < -0.3 is 14.5 Å². The second kappa shape index (κ2) is 10.8. The van der Waals surface area contributed by atoms with Crippen LogP contribution in [0.5, 0.6) is 5.75 Å². The molecule has 1 N–H and O–H groups in total. The molecule has 148 valence electrons. The maximum atomic E-state index is 8.36. The molecule has 0 spiro atoms. The highest BCUT2D eigenvalue weighted by molar-refractivity contribution is 6.35. The van der Waals surface area contributed by atoms with Crippen molar-refractivity contribution in [3.8, 4) is 5.75 Å². The zero-order chi connectivity index (χ0) is 20.5. The number of imidazole rings is 1. The van der Waals surface area contributed by atoms with Crippen LogP contribution in [0, 0.1) is 10.1 Å². The summed E-state index contributed by atoms with van der Waals surface area (Å²) in [6, 6.07) is 12.8. The van der Waals surface area contributed by atoms with Gasteiger partial charge in [-0.25, -0.2) is 4.98 Å². The number of nitrogens with zero attached hydrogens (tertiary/aromatic N) is 3. The summed E-state index contributed by atoms with van der Waals surface area (Å²) in [7, 11) is 0. The molecule has 0 fully saturated rings. The summed E-state index contributed by atoms with van der Waals surface area (Å²) in [6.07, 6.45) is 5.44. The lowest BCUT2D eigenvalue weighted by Gasteiger charge is -2.20. The quantitative estimate of drug-likeness (QED) is 0.408. The molecule has 0 saturated carbocycles. The summed E-state index contributed by atoms with van der Waals surface area (Å²) in [5, 5.41) is 15.6. The molecule has 1 aromatic heterocycles. The van der Waals surface area contributed by atoms with Crippen LogP contribution in [0.2, 0.25) is 15.1 Å². The van der Waals surface area contributed by atoms with Gasteiger partial charge in [-0.1, -0.05) is 40.9 Å². The van der Waals surface area contributed by atoms with E-state index in [1.165, 1.54) is 0 Å². The molecule has 1 unspecified atom stereocenters. The molecule has 10 heteroatoms. The summed E-state index contributed by atoms with van der Waals surface area (Å²) >= 11 is 18.3. The van der Waals surface area contributed by atoms with Crippen molar-refractivity contribution in [3.05, 3.63) is 91.9 Å². The van der Waals surface area contributed by atoms with Crippen molar-refractivity contribution in [3.63, 3.8) is 0 Å². The third-order valence-electron chi connectivity index (χ3n) is 3.66. The average molecular weight is 445 g/mol. The van der Waals surface area contributed by atoms with Crippen LogP contribution in [0.4, 0.5) is 0 Å². The van der Waals surface area contributed by atoms with E-state index in [1.54, 1.807) is 30.7 Å². The van der Waals surface area contributed by atoms with Crippen molar-refractivity contribution in [2.24, 2.45) is 0 Å². The second-order valence-corrected chi connectivity index (χ2v) is 6.91. The van der Waals surface area contributed by atoms with Crippen LogP contribution in [0.25, 0.3) is 0 Å². The Morgan fingerprint density at radius 3 is 2.36 bits per heavy atom. The predicted octanol–water partition coefficient (Wildman–Crippen LogP) is 5.36. The number of aromatic nitrogens is 2. The summed E-state index contributed by atoms with van der Waals surface area (Å²) < 4.78 is 7.93. The van der Waals surface area contributed by atoms with Crippen molar-refractivity contribution in [1.29, 1.82) is 0 Å². The van der Waals surface area contributed by atoms with Crippen LogP contribution in [-0.4, -0.2) is 26.5 Å². The molecular formula is C18H16Cl3N3O4. The third kappa shape index (κ3) is 7.26. The molecule has 28 heavy (non-hydrogen) atoms. The highest BCUT2D eigenvalue weighted by atomic mass is 35.5. The Hall–Kier alpha value is -2.48. The summed E-state index contributed by atoms with van der Waals surface area (Å²) in [4.78, 5) is 12.4. The van der Waals surface area contributed by atoms with Crippen LogP contribution in [0.1, 0.15) is 11.5 Å². The van der Waals surface area contributed by atoms with E-state index in [0.717, 1.165) is 11.3 Å². The Morgan fingerprint density at radius 1 is 1.14 bits per heavy atom. The largest absolute Gasteiger partial charge is 0.493 e. The van der Waals surface area contributed by atoms with Gasteiger partial charge in [0, 0.05) is 39.9 Å². The molecule has 0 aliphatic heterocycles. The molecule has 7 nitrogen and oxygen atoms in total. The van der Waals surface area contributed by atoms with E-state index in [2.05, 4.69) is 4.98 Å². The van der Waals surface area contributed by atoms with Gasteiger partial charge >= 0.3 is 0 Å². The number of hydrogen-bond donors (Lipinski definition) is 1.